The van der Waals surface area contributed by atoms with Gasteiger partial charge in [-0.2, -0.15) is 0 Å². The van der Waals surface area contributed by atoms with E-state index in [9.17, 15) is 9.59 Å². The Morgan fingerprint density at radius 1 is 1.04 bits per heavy atom. The number of anilines is 1. The van der Waals surface area contributed by atoms with E-state index in [1.54, 1.807) is 18.6 Å². The standard InChI is InChI=1S/C22H24N4O2/c1-15(2)20(25-21(27)19-7-5-4-6-16(19)3)22(28)24-17-8-10-18(11-9-17)26-13-12-23-14-26/h4-15,20H,1-3H3,(H,24,28)(H,25,27). The molecule has 0 spiro atoms. The number of amides is 2. The summed E-state index contributed by atoms with van der Waals surface area (Å²) in [6.45, 7) is 5.69. The van der Waals surface area contributed by atoms with Gasteiger partial charge in [-0.15, -0.1) is 0 Å². The third-order valence-electron chi connectivity index (χ3n) is 4.56. The molecule has 144 valence electrons. The van der Waals surface area contributed by atoms with E-state index in [2.05, 4.69) is 15.6 Å². The zero-order chi connectivity index (χ0) is 20.1. The Morgan fingerprint density at radius 3 is 2.36 bits per heavy atom. The molecule has 0 bridgehead atoms. The molecule has 2 N–H and O–H groups in total. The maximum absolute atomic E-state index is 12.8. The molecule has 3 rings (SSSR count). The van der Waals surface area contributed by atoms with Crippen molar-refractivity contribution >= 4 is 17.5 Å². The van der Waals surface area contributed by atoms with Gasteiger partial charge in [0.05, 0.1) is 6.33 Å². The molecule has 0 radical (unpaired) electrons. The summed E-state index contributed by atoms with van der Waals surface area (Å²) >= 11 is 0. The van der Waals surface area contributed by atoms with Crippen LogP contribution in [0.4, 0.5) is 5.69 Å². The summed E-state index contributed by atoms with van der Waals surface area (Å²) in [5.74, 6) is -0.548. The molecule has 2 amide bonds. The normalized spacial score (nSPS) is 11.9. The summed E-state index contributed by atoms with van der Waals surface area (Å²) in [5, 5.41) is 5.75. The van der Waals surface area contributed by atoms with Gasteiger partial charge in [0.2, 0.25) is 5.91 Å². The van der Waals surface area contributed by atoms with E-state index in [0.717, 1.165) is 11.3 Å². The van der Waals surface area contributed by atoms with Gasteiger partial charge in [-0.3, -0.25) is 9.59 Å². The Labute approximate surface area is 164 Å². The highest BCUT2D eigenvalue weighted by molar-refractivity contribution is 6.01. The van der Waals surface area contributed by atoms with E-state index >= 15 is 0 Å². The van der Waals surface area contributed by atoms with Gasteiger partial charge < -0.3 is 15.2 Å². The Kier molecular flexibility index (Phi) is 5.89. The lowest BCUT2D eigenvalue weighted by Gasteiger charge is -2.22. The number of nitrogens with one attached hydrogen (secondary N) is 2. The number of rotatable bonds is 6. The molecule has 1 aromatic heterocycles. The van der Waals surface area contributed by atoms with Crippen molar-refractivity contribution in [2.24, 2.45) is 5.92 Å². The van der Waals surface area contributed by atoms with E-state index in [-0.39, 0.29) is 17.7 Å². The predicted octanol–water partition coefficient (Wildman–Crippen LogP) is 3.57. The fourth-order valence-electron chi connectivity index (χ4n) is 2.93. The highest BCUT2D eigenvalue weighted by Crippen LogP contribution is 2.15. The molecule has 0 aliphatic carbocycles. The maximum Gasteiger partial charge on any atom is 0.252 e. The quantitative estimate of drug-likeness (QED) is 0.690. The van der Waals surface area contributed by atoms with Crippen molar-refractivity contribution in [1.29, 1.82) is 0 Å². The van der Waals surface area contributed by atoms with E-state index in [0.29, 0.717) is 11.3 Å². The SMILES string of the molecule is Cc1ccccc1C(=O)NC(C(=O)Nc1ccc(-n2ccnc2)cc1)C(C)C. The first-order valence-corrected chi connectivity index (χ1v) is 9.21. The first kappa shape index (κ1) is 19.4. The van der Waals surface area contributed by atoms with Gasteiger partial charge in [0.1, 0.15) is 6.04 Å². The third-order valence-corrected chi connectivity index (χ3v) is 4.56. The van der Waals surface area contributed by atoms with Gasteiger partial charge in [-0.25, -0.2) is 4.98 Å². The van der Waals surface area contributed by atoms with Crippen LogP contribution in [0.2, 0.25) is 0 Å². The van der Waals surface area contributed by atoms with Crippen LogP contribution >= 0.6 is 0 Å². The molecule has 1 heterocycles. The van der Waals surface area contributed by atoms with Gasteiger partial charge in [-0.1, -0.05) is 32.0 Å². The monoisotopic (exact) mass is 376 g/mol. The predicted molar refractivity (Wildman–Crippen MR) is 109 cm³/mol. The van der Waals surface area contributed by atoms with Crippen molar-refractivity contribution in [2.75, 3.05) is 5.32 Å². The molecule has 0 aliphatic heterocycles. The summed E-state index contributed by atoms with van der Waals surface area (Å²) < 4.78 is 1.88. The minimum atomic E-state index is -0.638. The Morgan fingerprint density at radius 2 is 1.75 bits per heavy atom. The first-order chi connectivity index (χ1) is 13.5. The number of carbonyl (C=O) groups is 2. The molecular formula is C22H24N4O2. The van der Waals surface area contributed by atoms with Gasteiger partial charge in [-0.05, 0) is 48.7 Å². The summed E-state index contributed by atoms with van der Waals surface area (Å²) in [6, 6.07) is 14.1. The van der Waals surface area contributed by atoms with Crippen molar-refractivity contribution in [1.82, 2.24) is 14.9 Å². The molecule has 1 atom stereocenters. The highest BCUT2D eigenvalue weighted by atomic mass is 16.2. The second-order valence-corrected chi connectivity index (χ2v) is 7.02. The molecular weight excluding hydrogens is 352 g/mol. The van der Waals surface area contributed by atoms with Crippen LogP contribution in [-0.2, 0) is 4.79 Å². The second-order valence-electron chi connectivity index (χ2n) is 7.02. The number of imidazole rings is 1. The zero-order valence-electron chi connectivity index (χ0n) is 16.2. The molecule has 0 aliphatic rings. The van der Waals surface area contributed by atoms with Crippen LogP contribution in [0.15, 0.2) is 67.3 Å². The number of carbonyl (C=O) groups excluding carboxylic acids is 2. The lowest BCUT2D eigenvalue weighted by molar-refractivity contribution is -0.118. The van der Waals surface area contributed by atoms with Crippen LogP contribution < -0.4 is 10.6 Å². The minimum Gasteiger partial charge on any atom is -0.340 e. The summed E-state index contributed by atoms with van der Waals surface area (Å²) in [4.78, 5) is 29.4. The van der Waals surface area contributed by atoms with Gasteiger partial charge >= 0.3 is 0 Å². The fourth-order valence-corrected chi connectivity index (χ4v) is 2.93. The van der Waals surface area contributed by atoms with Crippen LogP contribution in [-0.4, -0.2) is 27.4 Å². The topological polar surface area (TPSA) is 76.0 Å². The van der Waals surface area contributed by atoms with Crippen LogP contribution in [0.1, 0.15) is 29.8 Å². The molecule has 0 fully saturated rings. The van der Waals surface area contributed by atoms with Crippen LogP contribution in [0.25, 0.3) is 5.69 Å². The number of benzene rings is 2. The number of nitrogens with zero attached hydrogens (tertiary/aromatic N) is 2. The number of hydrogen-bond donors (Lipinski definition) is 2. The average molecular weight is 376 g/mol. The van der Waals surface area contributed by atoms with Crippen molar-refractivity contribution in [3.8, 4) is 5.69 Å². The molecule has 1 unspecified atom stereocenters. The maximum atomic E-state index is 12.8. The molecule has 0 saturated heterocycles. The highest BCUT2D eigenvalue weighted by Gasteiger charge is 2.25. The van der Waals surface area contributed by atoms with Crippen LogP contribution in [0.5, 0.6) is 0 Å². The smallest absolute Gasteiger partial charge is 0.252 e. The summed E-state index contributed by atoms with van der Waals surface area (Å²) in [5.41, 5.74) is 3.07. The van der Waals surface area contributed by atoms with Crippen molar-refractivity contribution < 1.29 is 9.59 Å². The lowest BCUT2D eigenvalue weighted by Crippen LogP contribution is -2.47. The van der Waals surface area contributed by atoms with E-state index in [4.69, 9.17) is 0 Å². The van der Waals surface area contributed by atoms with Crippen LogP contribution in [0, 0.1) is 12.8 Å². The number of aromatic nitrogens is 2. The summed E-state index contributed by atoms with van der Waals surface area (Å²) in [6.07, 6.45) is 5.27. The van der Waals surface area contributed by atoms with Gasteiger partial charge in [0, 0.05) is 29.3 Å². The van der Waals surface area contributed by atoms with E-state index in [1.807, 2.05) is 74.0 Å². The molecule has 6 heteroatoms. The van der Waals surface area contributed by atoms with E-state index in [1.165, 1.54) is 0 Å². The van der Waals surface area contributed by atoms with Crippen LogP contribution in [0.3, 0.4) is 0 Å². The van der Waals surface area contributed by atoms with Crippen molar-refractivity contribution in [3.63, 3.8) is 0 Å². The molecule has 28 heavy (non-hydrogen) atoms. The molecule has 6 nitrogen and oxygen atoms in total. The number of aryl methyl sites for hydroxylation is 1. The summed E-state index contributed by atoms with van der Waals surface area (Å²) in [7, 11) is 0. The van der Waals surface area contributed by atoms with Gasteiger partial charge in [0.15, 0.2) is 0 Å². The van der Waals surface area contributed by atoms with E-state index < -0.39 is 6.04 Å². The Bertz CT molecular complexity index is 947. The Balaban J connectivity index is 1.69. The number of hydrogen-bond acceptors (Lipinski definition) is 3. The Hall–Kier alpha value is -3.41. The largest absolute Gasteiger partial charge is 0.340 e. The third kappa shape index (κ3) is 4.46. The average Bonchev–Trinajstić information content (AvgIpc) is 3.21. The molecule has 3 aromatic rings. The molecule has 2 aromatic carbocycles. The molecule has 0 saturated carbocycles. The van der Waals surface area contributed by atoms with Crippen molar-refractivity contribution in [2.45, 2.75) is 26.8 Å². The zero-order valence-corrected chi connectivity index (χ0v) is 16.2. The fraction of sp³-hybridized carbons (Fsp3) is 0.227. The second kappa shape index (κ2) is 8.52. The van der Waals surface area contributed by atoms with Crippen molar-refractivity contribution in [3.05, 3.63) is 78.4 Å². The minimum absolute atomic E-state index is 0.0572. The van der Waals surface area contributed by atoms with Gasteiger partial charge in [0.25, 0.3) is 5.91 Å². The lowest BCUT2D eigenvalue weighted by atomic mass is 10.0. The first-order valence-electron chi connectivity index (χ1n) is 9.21.